The highest BCUT2D eigenvalue weighted by Crippen LogP contribution is 2.22. The number of likely N-dealkylation sites (tertiary alicyclic amines) is 1. The lowest BCUT2D eigenvalue weighted by atomic mass is 10.0. The number of rotatable bonds is 5. The van der Waals surface area contributed by atoms with Gasteiger partial charge in [-0.15, -0.1) is 0 Å². The van der Waals surface area contributed by atoms with Gasteiger partial charge in [0.25, 0.3) is 0 Å². The fourth-order valence-corrected chi connectivity index (χ4v) is 3.12. The summed E-state index contributed by atoms with van der Waals surface area (Å²) >= 11 is 0. The van der Waals surface area contributed by atoms with Crippen LogP contribution < -0.4 is 4.74 Å². The zero-order valence-electron chi connectivity index (χ0n) is 14.0. The van der Waals surface area contributed by atoms with Crippen LogP contribution in [0.4, 0.5) is 0 Å². The Bertz CT molecular complexity index is 537. The topological polar surface area (TPSA) is 42.0 Å². The van der Waals surface area contributed by atoms with E-state index in [1.54, 1.807) is 0 Å². The van der Waals surface area contributed by atoms with Gasteiger partial charge in [0, 0.05) is 25.6 Å². The van der Waals surface area contributed by atoms with Crippen LogP contribution in [-0.4, -0.2) is 67.7 Å². The average molecular weight is 318 g/mol. The normalized spacial score (nSPS) is 20.9. The molecule has 0 saturated carbocycles. The fourth-order valence-electron chi connectivity index (χ4n) is 3.12. The Morgan fingerprint density at radius 1 is 1.30 bits per heavy atom. The van der Waals surface area contributed by atoms with Gasteiger partial charge in [0.05, 0.1) is 26.3 Å². The number of ether oxygens (including phenoxy) is 2. The molecule has 0 N–H and O–H groups in total. The third kappa shape index (κ3) is 4.03. The Kier molecular flexibility index (Phi) is 5.18. The van der Waals surface area contributed by atoms with Crippen molar-refractivity contribution in [2.45, 2.75) is 20.0 Å². The largest absolute Gasteiger partial charge is 0.486 e. The summed E-state index contributed by atoms with van der Waals surface area (Å²) in [6, 6.07) is 8.02. The molecule has 0 spiro atoms. The zero-order valence-corrected chi connectivity index (χ0v) is 14.0. The minimum Gasteiger partial charge on any atom is -0.486 e. The van der Waals surface area contributed by atoms with Crippen LogP contribution in [0.5, 0.6) is 5.75 Å². The van der Waals surface area contributed by atoms with Crippen molar-refractivity contribution >= 4 is 5.91 Å². The van der Waals surface area contributed by atoms with Gasteiger partial charge in [-0.25, -0.2) is 0 Å². The number of morpholine rings is 1. The number of hydrogen-bond acceptors (Lipinski definition) is 4. The van der Waals surface area contributed by atoms with Crippen molar-refractivity contribution in [3.63, 3.8) is 0 Å². The number of aryl methyl sites for hydroxylation is 1. The van der Waals surface area contributed by atoms with Gasteiger partial charge in [0.1, 0.15) is 11.9 Å². The molecule has 0 unspecified atom stereocenters. The summed E-state index contributed by atoms with van der Waals surface area (Å²) in [5, 5.41) is 0. The van der Waals surface area contributed by atoms with E-state index in [-0.39, 0.29) is 17.9 Å². The minimum absolute atomic E-state index is 0.0347. The molecule has 2 fully saturated rings. The molecule has 0 aromatic heterocycles. The summed E-state index contributed by atoms with van der Waals surface area (Å²) < 4.78 is 11.3. The van der Waals surface area contributed by atoms with Crippen LogP contribution in [0.1, 0.15) is 12.5 Å². The molecule has 5 nitrogen and oxygen atoms in total. The predicted octanol–water partition coefficient (Wildman–Crippen LogP) is 1.55. The van der Waals surface area contributed by atoms with Crippen LogP contribution in [-0.2, 0) is 9.53 Å². The molecule has 2 aliphatic rings. The second kappa shape index (κ2) is 7.32. The number of carbonyl (C=O) groups is 1. The van der Waals surface area contributed by atoms with Gasteiger partial charge in [-0.2, -0.15) is 0 Å². The summed E-state index contributed by atoms with van der Waals surface area (Å²) in [5.41, 5.74) is 1.14. The van der Waals surface area contributed by atoms with Crippen LogP contribution in [0.25, 0.3) is 0 Å². The highest BCUT2D eigenvalue weighted by atomic mass is 16.5. The Labute approximate surface area is 138 Å². The van der Waals surface area contributed by atoms with Crippen molar-refractivity contribution in [3.05, 3.63) is 29.8 Å². The number of amides is 1. The monoisotopic (exact) mass is 318 g/mol. The summed E-state index contributed by atoms with van der Waals surface area (Å²) in [6.07, 6.45) is 0.121. The number of nitrogens with zero attached hydrogens (tertiary/aromatic N) is 2. The number of carbonyl (C=O) groups excluding carboxylic acids is 1. The van der Waals surface area contributed by atoms with E-state index >= 15 is 0 Å². The zero-order chi connectivity index (χ0) is 16.2. The van der Waals surface area contributed by atoms with E-state index in [2.05, 4.69) is 4.90 Å². The number of hydrogen-bond donors (Lipinski definition) is 0. The minimum atomic E-state index is 0.0347. The molecule has 2 heterocycles. The third-order valence-corrected chi connectivity index (χ3v) is 4.60. The van der Waals surface area contributed by atoms with Gasteiger partial charge in [-0.3, -0.25) is 9.69 Å². The number of para-hydroxylation sites is 1. The van der Waals surface area contributed by atoms with Crippen LogP contribution >= 0.6 is 0 Å². The predicted molar refractivity (Wildman–Crippen MR) is 88.6 cm³/mol. The summed E-state index contributed by atoms with van der Waals surface area (Å²) in [4.78, 5) is 16.7. The SMILES string of the molecule is Cc1ccccc1OC1CN(C(=O)[C@H](C)CN2CCOCC2)C1. The first kappa shape index (κ1) is 16.3. The van der Waals surface area contributed by atoms with Gasteiger partial charge in [0.2, 0.25) is 5.91 Å². The van der Waals surface area contributed by atoms with E-state index in [4.69, 9.17) is 9.47 Å². The maximum absolute atomic E-state index is 12.5. The molecule has 1 aromatic rings. The maximum atomic E-state index is 12.5. The molecule has 1 amide bonds. The van der Waals surface area contributed by atoms with Gasteiger partial charge < -0.3 is 14.4 Å². The van der Waals surface area contributed by atoms with E-state index < -0.39 is 0 Å². The Morgan fingerprint density at radius 2 is 2.00 bits per heavy atom. The van der Waals surface area contributed by atoms with Crippen LogP contribution in [0.2, 0.25) is 0 Å². The van der Waals surface area contributed by atoms with E-state index in [9.17, 15) is 4.79 Å². The first-order chi connectivity index (χ1) is 11.1. The van der Waals surface area contributed by atoms with E-state index in [0.29, 0.717) is 13.1 Å². The van der Waals surface area contributed by atoms with E-state index in [1.165, 1.54) is 0 Å². The molecular weight excluding hydrogens is 292 g/mol. The molecule has 126 valence electrons. The van der Waals surface area contributed by atoms with Gasteiger partial charge in [-0.05, 0) is 18.6 Å². The lowest BCUT2D eigenvalue weighted by molar-refractivity contribution is -0.144. The second-order valence-electron chi connectivity index (χ2n) is 6.56. The molecule has 0 radical (unpaired) electrons. The average Bonchev–Trinajstić information content (AvgIpc) is 2.52. The molecule has 1 aromatic carbocycles. The van der Waals surface area contributed by atoms with Gasteiger partial charge in [0.15, 0.2) is 0 Å². The Morgan fingerprint density at radius 3 is 2.70 bits per heavy atom. The van der Waals surface area contributed by atoms with Crippen molar-refractivity contribution in [2.24, 2.45) is 5.92 Å². The van der Waals surface area contributed by atoms with Gasteiger partial charge >= 0.3 is 0 Å². The molecule has 5 heteroatoms. The van der Waals surface area contributed by atoms with Crippen molar-refractivity contribution in [2.75, 3.05) is 45.9 Å². The lowest BCUT2D eigenvalue weighted by Crippen LogP contribution is -2.58. The summed E-state index contributed by atoms with van der Waals surface area (Å²) in [6.45, 7) is 9.68. The molecular formula is C18H26N2O3. The second-order valence-corrected chi connectivity index (χ2v) is 6.56. The lowest BCUT2D eigenvalue weighted by Gasteiger charge is -2.41. The molecule has 23 heavy (non-hydrogen) atoms. The first-order valence-corrected chi connectivity index (χ1v) is 8.44. The molecule has 1 atom stereocenters. The highest BCUT2D eigenvalue weighted by Gasteiger charge is 2.35. The van der Waals surface area contributed by atoms with Crippen molar-refractivity contribution in [1.82, 2.24) is 9.80 Å². The number of benzene rings is 1. The smallest absolute Gasteiger partial charge is 0.226 e. The highest BCUT2D eigenvalue weighted by molar-refractivity contribution is 5.79. The molecule has 0 aliphatic carbocycles. The van der Waals surface area contributed by atoms with Gasteiger partial charge in [-0.1, -0.05) is 25.1 Å². The maximum Gasteiger partial charge on any atom is 0.226 e. The summed E-state index contributed by atoms with van der Waals surface area (Å²) in [7, 11) is 0. The van der Waals surface area contributed by atoms with Crippen LogP contribution in [0.3, 0.4) is 0 Å². The fraction of sp³-hybridized carbons (Fsp3) is 0.611. The van der Waals surface area contributed by atoms with Crippen LogP contribution in [0, 0.1) is 12.8 Å². The van der Waals surface area contributed by atoms with E-state index in [0.717, 1.165) is 44.2 Å². The van der Waals surface area contributed by atoms with Crippen molar-refractivity contribution in [1.29, 1.82) is 0 Å². The van der Waals surface area contributed by atoms with E-state index in [1.807, 2.05) is 43.0 Å². The van der Waals surface area contributed by atoms with Crippen molar-refractivity contribution < 1.29 is 14.3 Å². The third-order valence-electron chi connectivity index (χ3n) is 4.60. The molecule has 3 rings (SSSR count). The Balaban J connectivity index is 1.43. The molecule has 2 aliphatic heterocycles. The van der Waals surface area contributed by atoms with Crippen molar-refractivity contribution in [3.8, 4) is 5.75 Å². The van der Waals surface area contributed by atoms with Crippen LogP contribution in [0.15, 0.2) is 24.3 Å². The molecule has 0 bridgehead atoms. The summed E-state index contributed by atoms with van der Waals surface area (Å²) in [5.74, 6) is 1.19. The molecule has 2 saturated heterocycles. The Hall–Kier alpha value is -1.59. The quantitative estimate of drug-likeness (QED) is 0.826. The first-order valence-electron chi connectivity index (χ1n) is 8.44. The standard InChI is InChI=1S/C18H26N2O3/c1-14-5-3-4-6-17(14)23-16-12-20(13-16)18(21)15(2)11-19-7-9-22-10-8-19/h3-6,15-16H,7-13H2,1-2H3/t15-/m1/s1.